The van der Waals surface area contributed by atoms with Gasteiger partial charge in [0.1, 0.15) is 29.9 Å². The molecule has 7 heteroatoms. The molecule has 0 unspecified atom stereocenters. The number of benzene rings is 1. The molecule has 0 aliphatic carbocycles. The molecule has 1 aromatic heterocycles. The molecule has 0 aliphatic heterocycles. The van der Waals surface area contributed by atoms with Crippen molar-refractivity contribution in [1.29, 1.82) is 5.26 Å². The monoisotopic (exact) mass is 285 g/mol. The maximum Gasteiger partial charge on any atom is 0.151 e. The number of ether oxygens (including phenoxy) is 1. The number of aryl methyl sites for hydroxylation is 1. The molecule has 108 valence electrons. The average Bonchev–Trinajstić information content (AvgIpc) is 2.92. The van der Waals surface area contributed by atoms with Crippen LogP contribution in [0.4, 0.5) is 0 Å². The van der Waals surface area contributed by atoms with Crippen LogP contribution < -0.4 is 21.7 Å². The SMILES string of the molecule is Cc1cc(COc2cccc(/C(N)=C(\C#N)NN)c2)no1. The Balaban J connectivity index is 2.15. The minimum Gasteiger partial charge on any atom is -0.487 e. The number of aromatic nitrogens is 1. The molecule has 21 heavy (non-hydrogen) atoms. The predicted octanol–water partition coefficient (Wildman–Crippen LogP) is 1.18. The van der Waals surface area contributed by atoms with Crippen molar-refractivity contribution in [3.05, 3.63) is 53.0 Å². The number of hydrogen-bond acceptors (Lipinski definition) is 7. The molecule has 1 heterocycles. The number of nitrogens with one attached hydrogen (secondary N) is 1. The van der Waals surface area contributed by atoms with Crippen LogP contribution in [0.25, 0.3) is 5.70 Å². The Hall–Kier alpha value is -2.98. The second-order valence-corrected chi connectivity index (χ2v) is 4.29. The fraction of sp³-hybridized carbons (Fsp3) is 0.143. The van der Waals surface area contributed by atoms with E-state index in [4.69, 9.17) is 26.1 Å². The minimum atomic E-state index is 0.0966. The highest BCUT2D eigenvalue weighted by atomic mass is 16.5. The van der Waals surface area contributed by atoms with Gasteiger partial charge < -0.3 is 20.4 Å². The number of hydrazine groups is 1. The van der Waals surface area contributed by atoms with Crippen molar-refractivity contribution in [2.24, 2.45) is 11.6 Å². The molecule has 0 aliphatic rings. The van der Waals surface area contributed by atoms with E-state index in [0.717, 1.165) is 5.76 Å². The van der Waals surface area contributed by atoms with Crippen LogP contribution >= 0.6 is 0 Å². The van der Waals surface area contributed by atoms with E-state index in [9.17, 15) is 0 Å². The number of rotatable bonds is 5. The molecule has 2 rings (SSSR count). The van der Waals surface area contributed by atoms with Crippen molar-refractivity contribution in [2.45, 2.75) is 13.5 Å². The van der Waals surface area contributed by atoms with E-state index in [1.54, 1.807) is 30.3 Å². The van der Waals surface area contributed by atoms with Gasteiger partial charge in [-0.05, 0) is 19.1 Å². The number of nitrogens with zero attached hydrogens (tertiary/aromatic N) is 2. The van der Waals surface area contributed by atoms with Crippen LogP contribution in [0.2, 0.25) is 0 Å². The third-order valence-corrected chi connectivity index (χ3v) is 2.73. The Morgan fingerprint density at radius 1 is 1.48 bits per heavy atom. The van der Waals surface area contributed by atoms with Gasteiger partial charge in [-0.25, -0.2) is 5.84 Å². The molecule has 1 aromatic carbocycles. The van der Waals surface area contributed by atoms with Gasteiger partial charge in [0.05, 0.1) is 5.70 Å². The van der Waals surface area contributed by atoms with Crippen LogP contribution in [0.15, 0.2) is 40.6 Å². The van der Waals surface area contributed by atoms with E-state index >= 15 is 0 Å². The summed E-state index contributed by atoms with van der Waals surface area (Å²) in [5.41, 5.74) is 9.82. The molecule has 0 saturated heterocycles. The molecular weight excluding hydrogens is 270 g/mol. The Kier molecular flexibility index (Phi) is 4.43. The maximum atomic E-state index is 8.90. The van der Waals surface area contributed by atoms with E-state index in [1.807, 2.05) is 13.0 Å². The number of nitriles is 1. The van der Waals surface area contributed by atoms with Crippen molar-refractivity contribution in [3.63, 3.8) is 0 Å². The maximum absolute atomic E-state index is 8.90. The van der Waals surface area contributed by atoms with Crippen LogP contribution in [0.1, 0.15) is 17.0 Å². The molecule has 5 N–H and O–H groups in total. The zero-order chi connectivity index (χ0) is 15.2. The lowest BCUT2D eigenvalue weighted by atomic mass is 10.1. The lowest BCUT2D eigenvalue weighted by Crippen LogP contribution is -2.23. The first-order valence-electron chi connectivity index (χ1n) is 6.16. The van der Waals surface area contributed by atoms with Gasteiger partial charge in [-0.2, -0.15) is 5.26 Å². The van der Waals surface area contributed by atoms with Gasteiger partial charge in [-0.1, -0.05) is 17.3 Å². The normalized spacial score (nSPS) is 11.5. The third-order valence-electron chi connectivity index (χ3n) is 2.73. The van der Waals surface area contributed by atoms with Crippen LogP contribution in [0, 0.1) is 18.3 Å². The van der Waals surface area contributed by atoms with Gasteiger partial charge in [0.15, 0.2) is 5.70 Å². The number of nitrogens with two attached hydrogens (primary N) is 2. The lowest BCUT2D eigenvalue weighted by Gasteiger charge is -2.08. The van der Waals surface area contributed by atoms with E-state index in [0.29, 0.717) is 17.0 Å². The average molecular weight is 285 g/mol. The number of allylic oxidation sites excluding steroid dienone is 1. The summed E-state index contributed by atoms with van der Waals surface area (Å²) < 4.78 is 10.6. The second-order valence-electron chi connectivity index (χ2n) is 4.29. The van der Waals surface area contributed by atoms with Crippen molar-refractivity contribution in [1.82, 2.24) is 10.6 Å². The molecule has 0 bridgehead atoms. The van der Waals surface area contributed by atoms with Crippen molar-refractivity contribution < 1.29 is 9.26 Å². The van der Waals surface area contributed by atoms with Crippen molar-refractivity contribution in [2.75, 3.05) is 0 Å². The zero-order valence-electron chi connectivity index (χ0n) is 11.5. The highest BCUT2D eigenvalue weighted by Gasteiger charge is 2.07. The molecule has 0 spiro atoms. The first-order valence-corrected chi connectivity index (χ1v) is 6.16. The van der Waals surface area contributed by atoms with Gasteiger partial charge in [0, 0.05) is 11.6 Å². The summed E-state index contributed by atoms with van der Waals surface area (Å²) >= 11 is 0. The second kappa shape index (κ2) is 6.45. The fourth-order valence-electron chi connectivity index (χ4n) is 1.71. The number of hydrogen-bond donors (Lipinski definition) is 3. The molecule has 7 nitrogen and oxygen atoms in total. The Morgan fingerprint density at radius 3 is 2.90 bits per heavy atom. The van der Waals surface area contributed by atoms with Crippen LogP contribution in [-0.4, -0.2) is 5.16 Å². The van der Waals surface area contributed by atoms with Crippen LogP contribution in [0.5, 0.6) is 5.75 Å². The Bertz CT molecular complexity index is 699. The molecule has 0 fully saturated rings. The standard InChI is InChI=1S/C14H15N5O2/c1-9-5-11(19-21-9)8-20-12-4-2-3-10(6-12)14(16)13(7-15)18-17/h2-6,18H,8,16-17H2,1H3/b14-13-. The minimum absolute atomic E-state index is 0.0966. The topological polar surface area (TPSA) is 123 Å². The van der Waals surface area contributed by atoms with E-state index < -0.39 is 0 Å². The van der Waals surface area contributed by atoms with Crippen molar-refractivity contribution in [3.8, 4) is 11.8 Å². The summed E-state index contributed by atoms with van der Waals surface area (Å²) in [5, 5.41) is 12.7. The highest BCUT2D eigenvalue weighted by Crippen LogP contribution is 2.19. The lowest BCUT2D eigenvalue weighted by molar-refractivity contribution is 0.288. The quantitative estimate of drug-likeness (QED) is 0.428. The first-order chi connectivity index (χ1) is 10.1. The molecule has 2 aromatic rings. The molecule has 0 radical (unpaired) electrons. The fourth-order valence-corrected chi connectivity index (χ4v) is 1.71. The summed E-state index contributed by atoms with van der Waals surface area (Å²) in [6.07, 6.45) is 0. The zero-order valence-corrected chi connectivity index (χ0v) is 11.5. The summed E-state index contributed by atoms with van der Waals surface area (Å²) in [4.78, 5) is 0. The van der Waals surface area contributed by atoms with Gasteiger partial charge >= 0.3 is 0 Å². The first kappa shape index (κ1) is 14.4. The van der Waals surface area contributed by atoms with E-state index in [2.05, 4.69) is 10.6 Å². The smallest absolute Gasteiger partial charge is 0.151 e. The molecule has 0 atom stereocenters. The Morgan fingerprint density at radius 2 is 2.29 bits per heavy atom. The van der Waals surface area contributed by atoms with Gasteiger partial charge in [-0.3, -0.25) is 0 Å². The largest absolute Gasteiger partial charge is 0.487 e. The predicted molar refractivity (Wildman–Crippen MR) is 76.1 cm³/mol. The summed E-state index contributed by atoms with van der Waals surface area (Å²) in [5.74, 6) is 6.56. The van der Waals surface area contributed by atoms with Crippen LogP contribution in [-0.2, 0) is 6.61 Å². The van der Waals surface area contributed by atoms with Gasteiger partial charge in [0.25, 0.3) is 0 Å². The van der Waals surface area contributed by atoms with E-state index in [1.165, 1.54) is 0 Å². The molecular formula is C14H15N5O2. The summed E-state index contributed by atoms with van der Waals surface area (Å²) in [6.45, 7) is 2.09. The summed E-state index contributed by atoms with van der Waals surface area (Å²) in [7, 11) is 0. The third kappa shape index (κ3) is 3.52. The van der Waals surface area contributed by atoms with Gasteiger partial charge in [0.2, 0.25) is 0 Å². The van der Waals surface area contributed by atoms with Gasteiger partial charge in [-0.15, -0.1) is 0 Å². The molecule has 0 saturated carbocycles. The van der Waals surface area contributed by atoms with E-state index in [-0.39, 0.29) is 18.0 Å². The van der Waals surface area contributed by atoms with Crippen molar-refractivity contribution >= 4 is 5.70 Å². The molecule has 0 amide bonds. The highest BCUT2D eigenvalue weighted by molar-refractivity contribution is 5.69. The van der Waals surface area contributed by atoms with Crippen LogP contribution in [0.3, 0.4) is 0 Å². The summed E-state index contributed by atoms with van der Waals surface area (Å²) in [6, 6.07) is 10.7. The Labute approximate surface area is 121 Å².